The molecule has 0 fully saturated rings. The third-order valence-electron chi connectivity index (χ3n) is 3.78. The summed E-state index contributed by atoms with van der Waals surface area (Å²) in [6.07, 6.45) is 9.03. The number of phenolic OH excluding ortho intramolecular Hbond substituents is 1. The van der Waals surface area contributed by atoms with Gasteiger partial charge in [0, 0.05) is 24.4 Å². The Kier molecular flexibility index (Phi) is 5.36. The van der Waals surface area contributed by atoms with Crippen LogP contribution in [0.5, 0.6) is 5.75 Å². The lowest BCUT2D eigenvalue weighted by molar-refractivity contribution is 0.430. The van der Waals surface area contributed by atoms with Crippen LogP contribution in [0.25, 0.3) is 5.70 Å². The molecule has 0 aromatic heterocycles. The second-order valence-corrected chi connectivity index (χ2v) is 5.40. The Morgan fingerprint density at radius 1 is 1.22 bits per heavy atom. The number of nitrogens with zero attached hydrogens (tertiary/aromatic N) is 1. The summed E-state index contributed by atoms with van der Waals surface area (Å²) >= 11 is 0. The smallest absolute Gasteiger partial charge is 0.124 e. The number of nitrogens with two attached hydrogens (primary N) is 3. The molecule has 1 aromatic rings. The van der Waals surface area contributed by atoms with Crippen LogP contribution in [0.4, 0.5) is 0 Å². The van der Waals surface area contributed by atoms with E-state index in [0.29, 0.717) is 30.0 Å². The van der Waals surface area contributed by atoms with Gasteiger partial charge in [0.05, 0.1) is 5.70 Å². The minimum atomic E-state index is 0.125. The summed E-state index contributed by atoms with van der Waals surface area (Å²) < 4.78 is 0. The highest BCUT2D eigenvalue weighted by atomic mass is 16.3. The SMILES string of the molecule is CCC1=CCN(C(/C=C(\N)c2ccccc2O)=C(N)N)CC=C1. The van der Waals surface area contributed by atoms with Crippen LogP contribution in [-0.2, 0) is 0 Å². The molecule has 5 heteroatoms. The van der Waals surface area contributed by atoms with Crippen LogP contribution < -0.4 is 17.2 Å². The molecule has 0 spiro atoms. The predicted molar refractivity (Wildman–Crippen MR) is 94.8 cm³/mol. The summed E-state index contributed by atoms with van der Waals surface area (Å²) in [6, 6.07) is 6.91. The topological polar surface area (TPSA) is 102 Å². The van der Waals surface area contributed by atoms with Crippen molar-refractivity contribution in [2.75, 3.05) is 13.1 Å². The van der Waals surface area contributed by atoms with Gasteiger partial charge in [-0.15, -0.1) is 0 Å². The Balaban J connectivity index is 2.32. The second-order valence-electron chi connectivity index (χ2n) is 5.40. The average molecular weight is 312 g/mol. The quantitative estimate of drug-likeness (QED) is 0.637. The van der Waals surface area contributed by atoms with Gasteiger partial charge in [0.2, 0.25) is 0 Å². The number of rotatable bonds is 4. The monoisotopic (exact) mass is 312 g/mol. The third-order valence-corrected chi connectivity index (χ3v) is 3.78. The van der Waals surface area contributed by atoms with Crippen LogP contribution in [-0.4, -0.2) is 23.1 Å². The lowest BCUT2D eigenvalue weighted by Gasteiger charge is -2.23. The van der Waals surface area contributed by atoms with Crippen molar-refractivity contribution in [3.63, 3.8) is 0 Å². The van der Waals surface area contributed by atoms with Crippen molar-refractivity contribution in [2.45, 2.75) is 13.3 Å². The molecule has 7 N–H and O–H groups in total. The first-order valence-corrected chi connectivity index (χ1v) is 7.64. The van der Waals surface area contributed by atoms with Crippen molar-refractivity contribution in [2.24, 2.45) is 17.2 Å². The van der Waals surface area contributed by atoms with Crippen LogP contribution in [0.1, 0.15) is 18.9 Å². The number of benzene rings is 1. The summed E-state index contributed by atoms with van der Waals surface area (Å²) in [4.78, 5) is 2.04. The first-order chi connectivity index (χ1) is 11.0. The van der Waals surface area contributed by atoms with Gasteiger partial charge in [-0.25, -0.2) is 0 Å². The maximum atomic E-state index is 9.92. The summed E-state index contributed by atoms with van der Waals surface area (Å²) in [5.74, 6) is 0.324. The van der Waals surface area contributed by atoms with Crippen LogP contribution in [0.15, 0.2) is 65.7 Å². The molecule has 1 aliphatic rings. The highest BCUT2D eigenvalue weighted by molar-refractivity contribution is 5.69. The molecule has 0 unspecified atom stereocenters. The Labute approximate surface area is 137 Å². The van der Waals surface area contributed by atoms with Crippen molar-refractivity contribution in [1.29, 1.82) is 0 Å². The Hall–Kier alpha value is -2.82. The highest BCUT2D eigenvalue weighted by Crippen LogP contribution is 2.23. The van der Waals surface area contributed by atoms with Gasteiger partial charge in [0.1, 0.15) is 11.6 Å². The molecule has 5 nitrogen and oxygen atoms in total. The van der Waals surface area contributed by atoms with Gasteiger partial charge in [-0.05, 0) is 24.6 Å². The van der Waals surface area contributed by atoms with Gasteiger partial charge in [-0.2, -0.15) is 0 Å². The average Bonchev–Trinajstić information content (AvgIpc) is 2.77. The van der Waals surface area contributed by atoms with Gasteiger partial charge in [-0.3, -0.25) is 0 Å². The van der Waals surface area contributed by atoms with Crippen LogP contribution >= 0.6 is 0 Å². The fourth-order valence-corrected chi connectivity index (χ4v) is 2.46. The molecule has 0 atom stereocenters. The lowest BCUT2D eigenvalue weighted by atomic mass is 10.1. The number of phenols is 1. The molecule has 2 rings (SSSR count). The maximum Gasteiger partial charge on any atom is 0.124 e. The number of para-hydroxylation sites is 1. The van der Waals surface area contributed by atoms with Crippen molar-refractivity contribution in [1.82, 2.24) is 4.90 Å². The number of allylic oxidation sites excluding steroid dienone is 3. The van der Waals surface area contributed by atoms with Crippen molar-refractivity contribution < 1.29 is 5.11 Å². The first-order valence-electron chi connectivity index (χ1n) is 7.64. The standard InChI is InChI=1S/C18H24N4O/c1-2-13-6-5-10-22(11-9-13)16(18(20)21)12-15(19)14-7-3-4-8-17(14)23/h3-9,12,23H,2,10-11,19-21H2,1H3/b15-12-. The zero-order valence-electron chi connectivity index (χ0n) is 13.4. The number of hydrogen-bond acceptors (Lipinski definition) is 5. The molecule has 122 valence electrons. The highest BCUT2D eigenvalue weighted by Gasteiger charge is 2.12. The number of hydrogen-bond donors (Lipinski definition) is 4. The first kappa shape index (κ1) is 16.5. The minimum Gasteiger partial charge on any atom is -0.507 e. The Bertz CT molecular complexity index is 682. The molecule has 0 saturated heterocycles. The molecular formula is C18H24N4O. The van der Waals surface area contributed by atoms with E-state index in [1.165, 1.54) is 5.57 Å². The van der Waals surface area contributed by atoms with Crippen molar-refractivity contribution in [3.05, 3.63) is 71.2 Å². The molecule has 1 aliphatic heterocycles. The molecule has 0 aliphatic carbocycles. The molecule has 23 heavy (non-hydrogen) atoms. The molecule has 1 aromatic carbocycles. The van der Waals surface area contributed by atoms with Gasteiger partial charge in [-0.1, -0.05) is 42.9 Å². The van der Waals surface area contributed by atoms with E-state index in [1.807, 2.05) is 11.0 Å². The fourth-order valence-electron chi connectivity index (χ4n) is 2.46. The molecule has 0 amide bonds. The largest absolute Gasteiger partial charge is 0.507 e. The normalized spacial score (nSPS) is 15.1. The van der Waals surface area contributed by atoms with E-state index >= 15 is 0 Å². The van der Waals surface area contributed by atoms with Gasteiger partial charge in [0.15, 0.2) is 0 Å². The summed E-state index contributed by atoms with van der Waals surface area (Å²) in [5.41, 5.74) is 20.8. The maximum absolute atomic E-state index is 9.92. The summed E-state index contributed by atoms with van der Waals surface area (Å²) in [6.45, 7) is 3.52. The van der Waals surface area contributed by atoms with Gasteiger partial charge in [0.25, 0.3) is 0 Å². The zero-order chi connectivity index (χ0) is 16.8. The van der Waals surface area contributed by atoms with E-state index in [9.17, 15) is 5.11 Å². The van der Waals surface area contributed by atoms with E-state index in [0.717, 1.165) is 6.42 Å². The molecule has 0 bridgehead atoms. The predicted octanol–water partition coefficient (Wildman–Crippen LogP) is 1.99. The minimum absolute atomic E-state index is 0.125. The summed E-state index contributed by atoms with van der Waals surface area (Å²) in [5, 5.41) is 9.92. The van der Waals surface area contributed by atoms with Crippen molar-refractivity contribution >= 4 is 5.70 Å². The summed E-state index contributed by atoms with van der Waals surface area (Å²) in [7, 11) is 0. The number of aromatic hydroxyl groups is 1. The molecule has 1 heterocycles. The Morgan fingerprint density at radius 3 is 2.61 bits per heavy atom. The van der Waals surface area contributed by atoms with E-state index in [1.54, 1.807) is 24.3 Å². The van der Waals surface area contributed by atoms with Gasteiger partial charge < -0.3 is 27.2 Å². The molecule has 0 saturated carbocycles. The lowest BCUT2D eigenvalue weighted by Crippen LogP contribution is -2.28. The van der Waals surface area contributed by atoms with Gasteiger partial charge >= 0.3 is 0 Å². The van der Waals surface area contributed by atoms with Crippen LogP contribution in [0.3, 0.4) is 0 Å². The van der Waals surface area contributed by atoms with E-state index < -0.39 is 0 Å². The van der Waals surface area contributed by atoms with E-state index in [4.69, 9.17) is 17.2 Å². The van der Waals surface area contributed by atoms with Crippen LogP contribution in [0.2, 0.25) is 0 Å². The molecule has 0 radical (unpaired) electrons. The molecular weight excluding hydrogens is 288 g/mol. The van der Waals surface area contributed by atoms with Crippen LogP contribution in [0, 0.1) is 0 Å². The second kappa shape index (κ2) is 7.45. The third kappa shape index (κ3) is 4.10. The Morgan fingerprint density at radius 2 is 1.96 bits per heavy atom. The van der Waals surface area contributed by atoms with E-state index in [2.05, 4.69) is 25.2 Å². The zero-order valence-corrected chi connectivity index (χ0v) is 13.4. The van der Waals surface area contributed by atoms with E-state index in [-0.39, 0.29) is 11.6 Å². The fraction of sp³-hybridized carbons (Fsp3) is 0.222. The van der Waals surface area contributed by atoms with Crippen molar-refractivity contribution in [3.8, 4) is 5.75 Å².